The molecule has 2 aromatic heterocycles. The second-order valence-corrected chi connectivity index (χ2v) is 11.8. The van der Waals surface area contributed by atoms with Crippen LogP contribution in [0.2, 0.25) is 0 Å². The fourth-order valence-corrected chi connectivity index (χ4v) is 4.81. The van der Waals surface area contributed by atoms with E-state index in [9.17, 15) is 0 Å². The van der Waals surface area contributed by atoms with Gasteiger partial charge in [0.2, 0.25) is 0 Å². The Morgan fingerprint density at radius 3 is 2.03 bits per heavy atom. The molecule has 5 aromatic rings. The molecule has 0 aliphatic carbocycles. The predicted molar refractivity (Wildman–Crippen MR) is 164 cm³/mol. The van der Waals surface area contributed by atoms with Gasteiger partial charge in [0.1, 0.15) is 5.65 Å². The molecule has 190 valence electrons. The average Bonchev–Trinajstić information content (AvgIpc) is 3.29. The molecular formula is C33H43N2P. The molecular weight excluding hydrogens is 455 g/mol. The fourth-order valence-electron chi connectivity index (χ4n) is 4.81. The van der Waals surface area contributed by atoms with Crippen molar-refractivity contribution in [2.45, 2.75) is 61.8 Å². The van der Waals surface area contributed by atoms with Crippen molar-refractivity contribution in [1.82, 2.24) is 9.38 Å². The van der Waals surface area contributed by atoms with Gasteiger partial charge in [0.05, 0.1) is 17.4 Å². The lowest BCUT2D eigenvalue weighted by Crippen LogP contribution is -2.09. The largest absolute Gasteiger partial charge is 0.292 e. The summed E-state index contributed by atoms with van der Waals surface area (Å²) in [6.45, 7) is 19.7. The number of rotatable bonds is 3. The number of nitrogens with zero attached hydrogens (tertiary/aromatic N) is 2. The van der Waals surface area contributed by atoms with E-state index in [1.807, 2.05) is 20.0 Å². The van der Waals surface area contributed by atoms with E-state index in [2.05, 4.69) is 113 Å². The summed E-state index contributed by atoms with van der Waals surface area (Å²) in [7, 11) is 1.14. The third kappa shape index (κ3) is 5.81. The van der Waals surface area contributed by atoms with Crippen molar-refractivity contribution < 1.29 is 0 Å². The van der Waals surface area contributed by atoms with Gasteiger partial charge in [-0.2, -0.15) is 0 Å². The highest BCUT2D eigenvalue weighted by atomic mass is 31.1. The van der Waals surface area contributed by atoms with Gasteiger partial charge in [-0.3, -0.25) is 4.40 Å². The summed E-state index contributed by atoms with van der Waals surface area (Å²) >= 11 is 0. The van der Waals surface area contributed by atoms with Gasteiger partial charge in [0, 0.05) is 16.3 Å². The number of benzene rings is 3. The monoisotopic (exact) mass is 498 g/mol. The molecule has 5 rings (SSSR count). The van der Waals surface area contributed by atoms with Crippen LogP contribution in [0, 0.1) is 19.3 Å². The third-order valence-corrected chi connectivity index (χ3v) is 7.05. The summed E-state index contributed by atoms with van der Waals surface area (Å²) in [6, 6.07) is 22.1. The van der Waals surface area contributed by atoms with Crippen molar-refractivity contribution in [2.75, 3.05) is 12.8 Å². The van der Waals surface area contributed by atoms with Gasteiger partial charge in [-0.15, -0.1) is 8.58 Å². The molecule has 0 fully saturated rings. The summed E-state index contributed by atoms with van der Waals surface area (Å²) < 4.78 is 2.36. The maximum atomic E-state index is 4.90. The summed E-state index contributed by atoms with van der Waals surface area (Å²) in [5, 5.41) is 3.77. The zero-order valence-corrected chi connectivity index (χ0v) is 24.7. The fraction of sp³-hybridized carbons (Fsp3) is 0.364. The van der Waals surface area contributed by atoms with Gasteiger partial charge >= 0.3 is 0 Å². The molecule has 0 spiro atoms. The van der Waals surface area contributed by atoms with E-state index in [1.165, 1.54) is 55.8 Å². The van der Waals surface area contributed by atoms with Crippen LogP contribution < -0.4 is 0 Å². The van der Waals surface area contributed by atoms with E-state index in [0.29, 0.717) is 0 Å². The molecule has 0 saturated carbocycles. The van der Waals surface area contributed by atoms with Gasteiger partial charge < -0.3 is 0 Å². The van der Waals surface area contributed by atoms with Gasteiger partial charge in [-0.1, -0.05) is 90.1 Å². The molecule has 2 nitrogen and oxygen atoms in total. The molecule has 1 atom stereocenters. The summed E-state index contributed by atoms with van der Waals surface area (Å²) in [5.41, 5.74) is 8.89. The minimum Gasteiger partial charge on any atom is -0.292 e. The zero-order valence-electron chi connectivity index (χ0n) is 23.7. The van der Waals surface area contributed by atoms with Crippen LogP contribution >= 0.6 is 8.58 Å². The standard InChI is InChI=1S/C28H28N2.C3H9P.C2H6/c1-18-9-8-10-19(2)26(18)25-17-29-27-22-12-7-6-11-21(22)23-15-20(16-28(3,4)5)13-14-24(23)30(25)27;1-3-4-2;1-2/h6-15,17H,16H2,1-5H3;4H,3H2,1-2H3;1-2H3. The van der Waals surface area contributed by atoms with Crippen molar-refractivity contribution in [2.24, 2.45) is 5.41 Å². The highest BCUT2D eigenvalue weighted by molar-refractivity contribution is 7.36. The first-order valence-electron chi connectivity index (χ1n) is 13.3. The third-order valence-electron chi connectivity index (χ3n) is 6.35. The molecule has 0 amide bonds. The minimum atomic E-state index is 0.256. The number of fused-ring (bicyclic) bond motifs is 6. The molecule has 0 saturated heterocycles. The Hall–Kier alpha value is -2.70. The first kappa shape index (κ1) is 27.9. The Morgan fingerprint density at radius 2 is 1.44 bits per heavy atom. The van der Waals surface area contributed by atoms with Gasteiger partial charge in [0.25, 0.3) is 0 Å². The lowest BCUT2D eigenvalue weighted by atomic mass is 9.87. The van der Waals surface area contributed by atoms with Crippen LogP contribution in [-0.2, 0) is 6.42 Å². The van der Waals surface area contributed by atoms with E-state index in [4.69, 9.17) is 4.98 Å². The zero-order chi connectivity index (χ0) is 26.5. The Bertz CT molecular complexity index is 1430. The molecule has 36 heavy (non-hydrogen) atoms. The minimum absolute atomic E-state index is 0.256. The first-order chi connectivity index (χ1) is 17.2. The van der Waals surface area contributed by atoms with E-state index in [1.54, 1.807) is 0 Å². The van der Waals surface area contributed by atoms with Crippen LogP contribution in [0.15, 0.2) is 66.9 Å². The molecule has 0 radical (unpaired) electrons. The summed E-state index contributed by atoms with van der Waals surface area (Å²) in [4.78, 5) is 4.90. The number of pyridine rings is 1. The van der Waals surface area contributed by atoms with Crippen molar-refractivity contribution in [3.63, 3.8) is 0 Å². The highest BCUT2D eigenvalue weighted by Crippen LogP contribution is 2.36. The predicted octanol–water partition coefficient (Wildman–Crippen LogP) is 9.85. The van der Waals surface area contributed by atoms with E-state index in [-0.39, 0.29) is 5.41 Å². The highest BCUT2D eigenvalue weighted by Gasteiger charge is 2.18. The Labute approximate surface area is 219 Å². The Balaban J connectivity index is 0.000000550. The van der Waals surface area contributed by atoms with Crippen molar-refractivity contribution in [1.29, 1.82) is 0 Å². The topological polar surface area (TPSA) is 17.3 Å². The van der Waals surface area contributed by atoms with Crippen LogP contribution in [0.1, 0.15) is 58.2 Å². The second kappa shape index (κ2) is 12.0. The summed E-state index contributed by atoms with van der Waals surface area (Å²) in [6.07, 6.45) is 4.45. The number of aryl methyl sites for hydroxylation is 2. The van der Waals surface area contributed by atoms with Crippen LogP contribution in [0.4, 0.5) is 0 Å². The van der Waals surface area contributed by atoms with E-state index >= 15 is 0 Å². The lowest BCUT2D eigenvalue weighted by molar-refractivity contribution is 0.411. The molecule has 3 heteroatoms. The second-order valence-electron chi connectivity index (χ2n) is 10.4. The van der Waals surface area contributed by atoms with Gasteiger partial charge in [0.15, 0.2) is 0 Å². The van der Waals surface area contributed by atoms with Crippen molar-refractivity contribution in [3.05, 3.63) is 83.6 Å². The van der Waals surface area contributed by atoms with Crippen molar-refractivity contribution in [3.8, 4) is 11.3 Å². The molecule has 0 aliphatic heterocycles. The van der Waals surface area contributed by atoms with Crippen LogP contribution in [-0.4, -0.2) is 22.2 Å². The molecule has 0 bridgehead atoms. The van der Waals surface area contributed by atoms with Gasteiger partial charge in [-0.25, -0.2) is 4.98 Å². The van der Waals surface area contributed by atoms with E-state index in [0.717, 1.165) is 20.6 Å². The Kier molecular flexibility index (Phi) is 9.31. The SMILES string of the molecule is CC.CCPC.Cc1cccc(C)c1-c1cnc2c3ccccc3c3cc(CC(C)(C)C)ccc3n12. The maximum Gasteiger partial charge on any atom is 0.145 e. The Morgan fingerprint density at radius 1 is 0.833 bits per heavy atom. The van der Waals surface area contributed by atoms with Crippen molar-refractivity contribution >= 4 is 35.9 Å². The molecule has 2 heterocycles. The number of hydrogen-bond donors (Lipinski definition) is 0. The average molecular weight is 499 g/mol. The normalized spacial score (nSPS) is 11.6. The van der Waals surface area contributed by atoms with Crippen LogP contribution in [0.25, 0.3) is 38.6 Å². The molecule has 0 aliphatic rings. The molecule has 3 aromatic carbocycles. The van der Waals surface area contributed by atoms with Gasteiger partial charge in [-0.05, 0) is 72.7 Å². The number of imidazole rings is 1. The molecule has 1 unspecified atom stereocenters. The lowest BCUT2D eigenvalue weighted by Gasteiger charge is -2.19. The maximum absolute atomic E-state index is 4.90. The first-order valence-corrected chi connectivity index (χ1v) is 15.0. The van der Waals surface area contributed by atoms with E-state index < -0.39 is 0 Å². The van der Waals surface area contributed by atoms with Crippen LogP contribution in [0.5, 0.6) is 0 Å². The summed E-state index contributed by atoms with van der Waals surface area (Å²) in [5.74, 6) is 0. The smallest absolute Gasteiger partial charge is 0.145 e. The quantitative estimate of drug-likeness (QED) is 0.179. The van der Waals surface area contributed by atoms with Crippen LogP contribution in [0.3, 0.4) is 0 Å². The number of hydrogen-bond acceptors (Lipinski definition) is 1. The molecule has 0 N–H and O–H groups in total. The number of aromatic nitrogens is 2.